The summed E-state index contributed by atoms with van der Waals surface area (Å²) >= 11 is 0. The second kappa shape index (κ2) is 11.3. The number of hydrogen-bond acceptors (Lipinski definition) is 2. The number of benzene rings is 1. The van der Waals surface area contributed by atoms with Gasteiger partial charge in [0, 0.05) is 25.2 Å². The molecule has 1 aliphatic rings. The molecule has 134 valence electrons. The molecule has 0 aromatic heterocycles. The van der Waals surface area contributed by atoms with E-state index in [-0.39, 0.29) is 29.9 Å². The average molecular weight is 444 g/mol. The molecule has 1 amide bonds. The molecule has 1 aliphatic carbocycles. The van der Waals surface area contributed by atoms with E-state index in [0.717, 1.165) is 18.1 Å². The minimum Gasteiger partial charge on any atom is -0.357 e. The Bertz CT molecular complexity index is 542. The number of amides is 1. The van der Waals surface area contributed by atoms with Gasteiger partial charge < -0.3 is 16.0 Å². The van der Waals surface area contributed by atoms with Gasteiger partial charge in [-0.2, -0.15) is 0 Å². The third-order valence-electron chi connectivity index (χ3n) is 4.13. The summed E-state index contributed by atoms with van der Waals surface area (Å²) in [5.74, 6) is 0.799. The maximum absolute atomic E-state index is 11.7. The minimum absolute atomic E-state index is 0. The number of aliphatic imine (C=N–C) groups is 1. The molecule has 1 aromatic rings. The molecule has 2 rings (SSSR count). The summed E-state index contributed by atoms with van der Waals surface area (Å²) in [6.45, 7) is 3.48. The summed E-state index contributed by atoms with van der Waals surface area (Å²) in [7, 11) is 1.64. The summed E-state index contributed by atoms with van der Waals surface area (Å²) in [6.07, 6.45) is 6.38. The lowest BCUT2D eigenvalue weighted by molar-refractivity contribution is 0.0963. The largest absolute Gasteiger partial charge is 0.357 e. The van der Waals surface area contributed by atoms with Gasteiger partial charge in [0.2, 0.25) is 0 Å². The standard InChI is InChI=1S/C18H28N4O.HI/c1-3-20-18(22-16-10-5-4-6-11-16)21-13-14-8-7-9-15(12-14)17(23)19-2;/h7-9,12,16H,3-6,10-11,13H2,1-2H3,(H,19,23)(H2,20,21,22);1H. The lowest BCUT2D eigenvalue weighted by Crippen LogP contribution is -2.44. The Morgan fingerprint density at radius 2 is 2.00 bits per heavy atom. The number of hydrogen-bond donors (Lipinski definition) is 3. The van der Waals surface area contributed by atoms with Crippen LogP contribution >= 0.6 is 24.0 Å². The fraction of sp³-hybridized carbons (Fsp3) is 0.556. The summed E-state index contributed by atoms with van der Waals surface area (Å²) in [5.41, 5.74) is 1.71. The van der Waals surface area contributed by atoms with Crippen molar-refractivity contribution in [2.45, 2.75) is 51.6 Å². The van der Waals surface area contributed by atoms with E-state index in [0.29, 0.717) is 18.2 Å². The third kappa shape index (κ3) is 6.67. The molecule has 24 heavy (non-hydrogen) atoms. The second-order valence-electron chi connectivity index (χ2n) is 5.95. The van der Waals surface area contributed by atoms with E-state index in [1.165, 1.54) is 32.1 Å². The lowest BCUT2D eigenvalue weighted by Gasteiger charge is -2.24. The Hall–Kier alpha value is -1.31. The number of carbonyl (C=O) groups is 1. The van der Waals surface area contributed by atoms with Crippen molar-refractivity contribution in [1.82, 2.24) is 16.0 Å². The van der Waals surface area contributed by atoms with Gasteiger partial charge in [0.1, 0.15) is 0 Å². The highest BCUT2D eigenvalue weighted by Crippen LogP contribution is 2.17. The first-order valence-electron chi connectivity index (χ1n) is 8.58. The van der Waals surface area contributed by atoms with Crippen molar-refractivity contribution >= 4 is 35.8 Å². The number of guanidine groups is 1. The first-order chi connectivity index (χ1) is 11.2. The van der Waals surface area contributed by atoms with E-state index in [9.17, 15) is 4.79 Å². The molecule has 0 heterocycles. The van der Waals surface area contributed by atoms with Crippen molar-refractivity contribution < 1.29 is 4.79 Å². The van der Waals surface area contributed by atoms with Crippen LogP contribution in [0.3, 0.4) is 0 Å². The summed E-state index contributed by atoms with van der Waals surface area (Å²) < 4.78 is 0. The Morgan fingerprint density at radius 1 is 1.25 bits per heavy atom. The summed E-state index contributed by atoms with van der Waals surface area (Å²) in [6, 6.07) is 8.14. The highest BCUT2D eigenvalue weighted by Gasteiger charge is 2.14. The highest BCUT2D eigenvalue weighted by molar-refractivity contribution is 14.0. The van der Waals surface area contributed by atoms with E-state index in [1.54, 1.807) is 7.05 Å². The topological polar surface area (TPSA) is 65.5 Å². The normalized spacial score (nSPS) is 15.3. The summed E-state index contributed by atoms with van der Waals surface area (Å²) in [4.78, 5) is 16.4. The zero-order valence-electron chi connectivity index (χ0n) is 14.6. The predicted octanol–water partition coefficient (Wildman–Crippen LogP) is 3.05. The van der Waals surface area contributed by atoms with Crippen LogP contribution in [0.4, 0.5) is 0 Å². The van der Waals surface area contributed by atoms with E-state index in [1.807, 2.05) is 24.3 Å². The van der Waals surface area contributed by atoms with E-state index in [2.05, 4.69) is 27.9 Å². The Balaban J connectivity index is 0.00000288. The summed E-state index contributed by atoms with van der Waals surface area (Å²) in [5, 5.41) is 9.49. The van der Waals surface area contributed by atoms with Crippen LogP contribution in [0.25, 0.3) is 0 Å². The van der Waals surface area contributed by atoms with Crippen LogP contribution in [0.2, 0.25) is 0 Å². The van der Waals surface area contributed by atoms with Gasteiger partial charge in [-0.15, -0.1) is 24.0 Å². The zero-order valence-corrected chi connectivity index (χ0v) is 16.9. The molecule has 5 nitrogen and oxygen atoms in total. The van der Waals surface area contributed by atoms with Crippen LogP contribution < -0.4 is 16.0 Å². The Morgan fingerprint density at radius 3 is 2.67 bits per heavy atom. The van der Waals surface area contributed by atoms with Crippen molar-refractivity contribution in [2.24, 2.45) is 4.99 Å². The van der Waals surface area contributed by atoms with Crippen molar-refractivity contribution in [1.29, 1.82) is 0 Å². The number of nitrogens with one attached hydrogen (secondary N) is 3. The van der Waals surface area contributed by atoms with Crippen molar-refractivity contribution in [2.75, 3.05) is 13.6 Å². The molecule has 0 unspecified atom stereocenters. The van der Waals surface area contributed by atoms with Gasteiger partial charge in [-0.3, -0.25) is 4.79 Å². The molecule has 0 saturated heterocycles. The number of carbonyl (C=O) groups excluding carboxylic acids is 1. The van der Waals surface area contributed by atoms with Crippen LogP contribution in [0.15, 0.2) is 29.3 Å². The van der Waals surface area contributed by atoms with Crippen LogP contribution in [0, 0.1) is 0 Å². The van der Waals surface area contributed by atoms with Gasteiger partial charge >= 0.3 is 0 Å². The minimum atomic E-state index is -0.0666. The van der Waals surface area contributed by atoms with Crippen molar-refractivity contribution in [3.63, 3.8) is 0 Å². The van der Waals surface area contributed by atoms with Crippen molar-refractivity contribution in [3.8, 4) is 0 Å². The molecule has 6 heteroatoms. The fourth-order valence-corrected chi connectivity index (χ4v) is 2.89. The average Bonchev–Trinajstić information content (AvgIpc) is 2.60. The van der Waals surface area contributed by atoms with Gasteiger partial charge in [0.15, 0.2) is 5.96 Å². The molecule has 3 N–H and O–H groups in total. The molecular formula is C18H29IN4O. The molecule has 0 spiro atoms. The van der Waals surface area contributed by atoms with Crippen LogP contribution in [0.5, 0.6) is 0 Å². The fourth-order valence-electron chi connectivity index (χ4n) is 2.89. The maximum atomic E-state index is 11.7. The van der Waals surface area contributed by atoms with Gasteiger partial charge in [0.05, 0.1) is 6.54 Å². The molecule has 1 saturated carbocycles. The smallest absolute Gasteiger partial charge is 0.251 e. The van der Waals surface area contributed by atoms with Crippen molar-refractivity contribution in [3.05, 3.63) is 35.4 Å². The maximum Gasteiger partial charge on any atom is 0.251 e. The highest BCUT2D eigenvalue weighted by atomic mass is 127. The van der Waals surface area contributed by atoms with Gasteiger partial charge in [-0.25, -0.2) is 4.99 Å². The number of nitrogens with zero attached hydrogens (tertiary/aromatic N) is 1. The predicted molar refractivity (Wildman–Crippen MR) is 110 cm³/mol. The SMILES string of the molecule is CCNC(=NCc1cccc(C(=O)NC)c1)NC1CCCCC1.I. The molecule has 0 radical (unpaired) electrons. The third-order valence-corrected chi connectivity index (χ3v) is 4.13. The van der Waals surface area contributed by atoms with E-state index < -0.39 is 0 Å². The van der Waals surface area contributed by atoms with Crippen LogP contribution in [-0.2, 0) is 6.54 Å². The monoisotopic (exact) mass is 444 g/mol. The zero-order chi connectivity index (χ0) is 16.5. The first-order valence-corrected chi connectivity index (χ1v) is 8.58. The lowest BCUT2D eigenvalue weighted by atomic mass is 9.96. The Kier molecular flexibility index (Phi) is 9.75. The molecule has 0 bridgehead atoms. The van der Waals surface area contributed by atoms with Gasteiger partial charge in [-0.1, -0.05) is 31.4 Å². The molecule has 0 aliphatic heterocycles. The van der Waals surface area contributed by atoms with Crippen LogP contribution in [-0.4, -0.2) is 31.5 Å². The molecule has 1 aromatic carbocycles. The molecule has 0 atom stereocenters. The molecule has 1 fully saturated rings. The van der Waals surface area contributed by atoms with Gasteiger partial charge in [0.25, 0.3) is 5.91 Å². The molecular weight excluding hydrogens is 415 g/mol. The van der Waals surface area contributed by atoms with Gasteiger partial charge in [-0.05, 0) is 37.5 Å². The number of halogens is 1. The number of rotatable bonds is 5. The Labute approximate surface area is 162 Å². The first kappa shape index (κ1) is 20.7. The van der Waals surface area contributed by atoms with E-state index in [4.69, 9.17) is 0 Å². The van der Waals surface area contributed by atoms with Crippen LogP contribution in [0.1, 0.15) is 54.9 Å². The van der Waals surface area contributed by atoms with E-state index >= 15 is 0 Å². The second-order valence-corrected chi connectivity index (χ2v) is 5.95. The quantitative estimate of drug-likeness (QED) is 0.372.